The van der Waals surface area contributed by atoms with Crippen molar-refractivity contribution in [3.05, 3.63) is 27.7 Å². The Morgan fingerprint density at radius 1 is 1.33 bits per heavy atom. The molecular formula is C16H20ClFN2S. The van der Waals surface area contributed by atoms with E-state index in [-0.39, 0.29) is 10.8 Å². The molecule has 0 spiro atoms. The zero-order valence-corrected chi connectivity index (χ0v) is 13.7. The number of hydrogen-bond donors (Lipinski definition) is 1. The fraction of sp³-hybridized carbons (Fsp3) is 0.562. The minimum atomic E-state index is -0.383. The molecule has 0 radical (unpaired) electrons. The highest BCUT2D eigenvalue weighted by molar-refractivity contribution is 7.71. The number of nitrogens with zero attached hydrogens (tertiary/aromatic N) is 1. The first-order valence-corrected chi connectivity index (χ1v) is 8.48. The molecule has 114 valence electrons. The van der Waals surface area contributed by atoms with E-state index in [2.05, 4.69) is 16.5 Å². The van der Waals surface area contributed by atoms with Crippen LogP contribution in [-0.4, -0.2) is 9.55 Å². The summed E-state index contributed by atoms with van der Waals surface area (Å²) in [5.41, 5.74) is 1.66. The summed E-state index contributed by atoms with van der Waals surface area (Å²) in [6, 6.07) is 3.50. The molecule has 0 saturated heterocycles. The quantitative estimate of drug-likeness (QED) is 0.684. The van der Waals surface area contributed by atoms with Crippen molar-refractivity contribution in [2.75, 3.05) is 0 Å². The largest absolute Gasteiger partial charge is 0.331 e. The Labute approximate surface area is 134 Å². The Balaban J connectivity index is 1.92. The molecular weight excluding hydrogens is 307 g/mol. The van der Waals surface area contributed by atoms with E-state index in [1.807, 2.05) is 0 Å². The van der Waals surface area contributed by atoms with Gasteiger partial charge in [0.1, 0.15) is 5.82 Å². The summed E-state index contributed by atoms with van der Waals surface area (Å²) >= 11 is 11.3. The second-order valence-corrected chi connectivity index (χ2v) is 6.84. The second-order valence-electron chi connectivity index (χ2n) is 6.05. The van der Waals surface area contributed by atoms with Crippen molar-refractivity contribution in [3.8, 4) is 0 Å². The van der Waals surface area contributed by atoms with Crippen molar-refractivity contribution in [2.45, 2.75) is 51.5 Å². The fourth-order valence-corrected chi connectivity index (χ4v) is 4.10. The first kappa shape index (κ1) is 15.0. The van der Waals surface area contributed by atoms with Crippen molar-refractivity contribution in [1.29, 1.82) is 0 Å². The SMILES string of the molecule is CCCC1CCC(n2c(=S)[nH]c3cc(Cl)c(F)cc32)CC1. The van der Waals surface area contributed by atoms with E-state index >= 15 is 0 Å². The number of hydrogen-bond acceptors (Lipinski definition) is 1. The highest BCUT2D eigenvalue weighted by Gasteiger charge is 2.24. The van der Waals surface area contributed by atoms with Gasteiger partial charge in [-0.1, -0.05) is 31.4 Å². The molecule has 1 heterocycles. The minimum absolute atomic E-state index is 0.137. The average molecular weight is 327 g/mol. The number of aromatic nitrogens is 2. The Bertz CT molecular complexity index is 698. The molecule has 3 rings (SSSR count). The predicted molar refractivity (Wildman–Crippen MR) is 88.0 cm³/mol. The van der Waals surface area contributed by atoms with Gasteiger partial charge in [0.15, 0.2) is 4.77 Å². The number of aromatic amines is 1. The van der Waals surface area contributed by atoms with Crippen LogP contribution in [0.2, 0.25) is 5.02 Å². The van der Waals surface area contributed by atoms with Crippen molar-refractivity contribution in [2.24, 2.45) is 5.92 Å². The highest BCUT2D eigenvalue weighted by atomic mass is 35.5. The van der Waals surface area contributed by atoms with E-state index in [4.69, 9.17) is 23.8 Å². The molecule has 0 amide bonds. The molecule has 1 N–H and O–H groups in total. The first-order chi connectivity index (χ1) is 10.1. The van der Waals surface area contributed by atoms with Gasteiger partial charge < -0.3 is 9.55 Å². The number of fused-ring (bicyclic) bond motifs is 1. The summed E-state index contributed by atoms with van der Waals surface area (Å²) in [6.45, 7) is 2.24. The lowest BCUT2D eigenvalue weighted by molar-refractivity contribution is 0.264. The lowest BCUT2D eigenvalue weighted by Gasteiger charge is -2.29. The van der Waals surface area contributed by atoms with Gasteiger partial charge in [0.05, 0.1) is 16.1 Å². The number of rotatable bonds is 3. The third-order valence-corrected chi connectivity index (χ3v) is 5.23. The van der Waals surface area contributed by atoms with Gasteiger partial charge in [-0.25, -0.2) is 4.39 Å². The van der Waals surface area contributed by atoms with Crippen LogP contribution >= 0.6 is 23.8 Å². The van der Waals surface area contributed by atoms with E-state index in [1.54, 1.807) is 6.07 Å². The summed E-state index contributed by atoms with van der Waals surface area (Å²) in [7, 11) is 0. The third-order valence-electron chi connectivity index (χ3n) is 4.64. The van der Waals surface area contributed by atoms with Crippen molar-refractivity contribution in [1.82, 2.24) is 9.55 Å². The number of nitrogens with one attached hydrogen (secondary N) is 1. The van der Waals surface area contributed by atoms with Crippen LogP contribution in [0.5, 0.6) is 0 Å². The Hall–Kier alpha value is -0.870. The van der Waals surface area contributed by atoms with Crippen LogP contribution in [0, 0.1) is 16.5 Å². The molecule has 0 bridgehead atoms. The molecule has 1 aromatic heterocycles. The smallest absolute Gasteiger partial charge is 0.178 e. The van der Waals surface area contributed by atoms with E-state index in [1.165, 1.54) is 31.7 Å². The van der Waals surface area contributed by atoms with Crippen LogP contribution in [0.1, 0.15) is 51.5 Å². The summed E-state index contributed by atoms with van der Waals surface area (Å²) < 4.78 is 16.5. The zero-order chi connectivity index (χ0) is 15.0. The van der Waals surface area contributed by atoms with Gasteiger partial charge >= 0.3 is 0 Å². The van der Waals surface area contributed by atoms with Crippen LogP contribution in [0.25, 0.3) is 11.0 Å². The summed E-state index contributed by atoms with van der Waals surface area (Å²) in [6.07, 6.45) is 7.29. The van der Waals surface area contributed by atoms with Crippen LogP contribution in [-0.2, 0) is 0 Å². The van der Waals surface area contributed by atoms with E-state index < -0.39 is 0 Å². The average Bonchev–Trinajstić information content (AvgIpc) is 2.76. The molecule has 0 aliphatic heterocycles. The lowest BCUT2D eigenvalue weighted by Crippen LogP contribution is -2.18. The molecule has 2 nitrogen and oxygen atoms in total. The zero-order valence-electron chi connectivity index (χ0n) is 12.2. The van der Waals surface area contributed by atoms with E-state index in [0.29, 0.717) is 10.8 Å². The van der Waals surface area contributed by atoms with Gasteiger partial charge in [0.25, 0.3) is 0 Å². The van der Waals surface area contributed by atoms with Crippen molar-refractivity contribution in [3.63, 3.8) is 0 Å². The summed E-state index contributed by atoms with van der Waals surface area (Å²) in [5, 5.41) is 0.137. The van der Waals surface area contributed by atoms with Crippen molar-refractivity contribution < 1.29 is 4.39 Å². The molecule has 21 heavy (non-hydrogen) atoms. The van der Waals surface area contributed by atoms with E-state index in [9.17, 15) is 4.39 Å². The van der Waals surface area contributed by atoms with Crippen LogP contribution < -0.4 is 0 Å². The summed E-state index contributed by atoms with van der Waals surface area (Å²) in [5.74, 6) is 0.461. The van der Waals surface area contributed by atoms with Gasteiger partial charge in [-0.05, 0) is 49.9 Å². The maximum atomic E-state index is 13.8. The van der Waals surface area contributed by atoms with Gasteiger partial charge in [0, 0.05) is 12.1 Å². The molecule has 1 aliphatic carbocycles. The van der Waals surface area contributed by atoms with E-state index in [0.717, 1.165) is 29.8 Å². The molecule has 1 saturated carbocycles. The first-order valence-electron chi connectivity index (χ1n) is 7.69. The Morgan fingerprint density at radius 2 is 2.05 bits per heavy atom. The molecule has 1 aliphatic rings. The molecule has 1 fully saturated rings. The normalized spacial score (nSPS) is 22.8. The number of imidazole rings is 1. The number of H-pyrrole nitrogens is 1. The lowest BCUT2D eigenvalue weighted by atomic mass is 9.83. The maximum Gasteiger partial charge on any atom is 0.178 e. The Morgan fingerprint density at radius 3 is 2.71 bits per heavy atom. The van der Waals surface area contributed by atoms with Gasteiger partial charge in [-0.2, -0.15) is 0 Å². The standard InChI is InChI=1S/C16H20ClFN2S/c1-2-3-10-4-6-11(7-5-10)20-15-9-13(18)12(17)8-14(15)19-16(20)21/h8-11H,2-7H2,1H3,(H,19,21). The van der Waals surface area contributed by atoms with Gasteiger partial charge in [0.2, 0.25) is 0 Å². The second kappa shape index (κ2) is 6.09. The van der Waals surface area contributed by atoms with Crippen LogP contribution in [0.15, 0.2) is 12.1 Å². The molecule has 1 aromatic carbocycles. The molecule has 0 atom stereocenters. The minimum Gasteiger partial charge on any atom is -0.331 e. The van der Waals surface area contributed by atoms with Crippen molar-refractivity contribution >= 4 is 34.9 Å². The van der Waals surface area contributed by atoms with Gasteiger partial charge in [-0.15, -0.1) is 0 Å². The summed E-state index contributed by atoms with van der Waals surface area (Å²) in [4.78, 5) is 3.16. The van der Waals surface area contributed by atoms with Gasteiger partial charge in [-0.3, -0.25) is 0 Å². The molecule has 0 unspecified atom stereocenters. The Kier molecular flexibility index (Phi) is 4.36. The van der Waals surface area contributed by atoms with Crippen LogP contribution in [0.4, 0.5) is 4.39 Å². The number of benzene rings is 1. The predicted octanol–water partition coefficient (Wildman–Crippen LogP) is 6.02. The maximum absolute atomic E-state index is 13.8. The highest BCUT2D eigenvalue weighted by Crippen LogP contribution is 2.36. The molecule has 5 heteroatoms. The third kappa shape index (κ3) is 2.88. The monoisotopic (exact) mass is 326 g/mol. The number of halogens is 2. The fourth-order valence-electron chi connectivity index (χ4n) is 3.58. The topological polar surface area (TPSA) is 20.7 Å². The van der Waals surface area contributed by atoms with Crippen LogP contribution in [0.3, 0.4) is 0 Å². The molecule has 2 aromatic rings.